The molecule has 0 radical (unpaired) electrons. The van der Waals surface area contributed by atoms with Crippen molar-refractivity contribution >= 4 is 0 Å². The van der Waals surface area contributed by atoms with Gasteiger partial charge in [0.05, 0.1) is 12.2 Å². The van der Waals surface area contributed by atoms with Crippen LogP contribution in [0.5, 0.6) is 0 Å². The van der Waals surface area contributed by atoms with Crippen LogP contribution in [0.15, 0.2) is 0 Å². The van der Waals surface area contributed by atoms with Crippen molar-refractivity contribution in [1.82, 2.24) is 0 Å². The van der Waals surface area contributed by atoms with Gasteiger partial charge in [0.15, 0.2) is 0 Å². The summed E-state index contributed by atoms with van der Waals surface area (Å²) in [6.07, 6.45) is 16.9. The van der Waals surface area contributed by atoms with E-state index >= 15 is 0 Å². The lowest BCUT2D eigenvalue weighted by Gasteiger charge is -2.17. The van der Waals surface area contributed by atoms with Crippen LogP contribution in [0.1, 0.15) is 110 Å². The molecule has 0 heterocycles. The number of aliphatic hydroxyl groups excluding tert-OH is 2. The highest BCUT2D eigenvalue weighted by Gasteiger charge is 2.14. The van der Waals surface area contributed by atoms with Crippen molar-refractivity contribution in [3.63, 3.8) is 0 Å². The van der Waals surface area contributed by atoms with Crippen LogP contribution in [0.4, 0.5) is 0 Å². The minimum Gasteiger partial charge on any atom is -0.390 e. The van der Waals surface area contributed by atoms with E-state index in [1.54, 1.807) is 0 Å². The Hall–Kier alpha value is -0.0800. The lowest BCUT2D eigenvalue weighted by atomic mass is 10.00. The first-order valence-electron chi connectivity index (χ1n) is 9.58. The molecule has 0 aliphatic rings. The summed E-state index contributed by atoms with van der Waals surface area (Å²) in [4.78, 5) is 0. The number of rotatable bonds is 16. The Morgan fingerprint density at radius 3 is 1.14 bits per heavy atom. The van der Waals surface area contributed by atoms with Crippen LogP contribution in [0.2, 0.25) is 0 Å². The van der Waals surface area contributed by atoms with Gasteiger partial charge in [-0.1, -0.05) is 97.3 Å². The van der Waals surface area contributed by atoms with Gasteiger partial charge in [0.25, 0.3) is 0 Å². The summed E-state index contributed by atoms with van der Waals surface area (Å²) in [5.74, 6) is 0. The van der Waals surface area contributed by atoms with Crippen molar-refractivity contribution in [3.05, 3.63) is 0 Å². The summed E-state index contributed by atoms with van der Waals surface area (Å²) < 4.78 is 0. The van der Waals surface area contributed by atoms with Crippen LogP contribution in [-0.4, -0.2) is 22.4 Å². The summed E-state index contributed by atoms with van der Waals surface area (Å²) in [6.45, 7) is 4.44. The van der Waals surface area contributed by atoms with Crippen molar-refractivity contribution in [2.45, 2.75) is 122 Å². The molecular formula is C19H40O2. The van der Waals surface area contributed by atoms with E-state index in [1.165, 1.54) is 70.6 Å². The molecule has 0 aliphatic heterocycles. The van der Waals surface area contributed by atoms with Gasteiger partial charge in [-0.2, -0.15) is 0 Å². The number of unbranched alkanes of at least 4 members (excludes halogenated alkanes) is 11. The molecule has 128 valence electrons. The van der Waals surface area contributed by atoms with Crippen LogP contribution in [0, 0.1) is 0 Å². The standard InChI is InChI=1S/C19H40O2/c1-3-5-7-9-10-11-12-13-15-17-19(21)18(20)16-14-8-6-4-2/h18-21H,3-17H2,1-2H3. The van der Waals surface area contributed by atoms with Crippen LogP contribution < -0.4 is 0 Å². The van der Waals surface area contributed by atoms with E-state index in [1.807, 2.05) is 0 Å². The fourth-order valence-corrected chi connectivity index (χ4v) is 2.83. The Bertz CT molecular complexity index is 194. The van der Waals surface area contributed by atoms with Gasteiger partial charge in [-0.25, -0.2) is 0 Å². The predicted octanol–water partition coefficient (Wildman–Crippen LogP) is 5.60. The van der Waals surface area contributed by atoms with Crippen molar-refractivity contribution < 1.29 is 10.2 Å². The zero-order valence-electron chi connectivity index (χ0n) is 14.7. The van der Waals surface area contributed by atoms with E-state index in [0.717, 1.165) is 25.7 Å². The molecule has 0 fully saturated rings. The third-order valence-corrected chi connectivity index (χ3v) is 4.40. The second-order valence-corrected chi connectivity index (χ2v) is 6.60. The van der Waals surface area contributed by atoms with Gasteiger partial charge in [0.2, 0.25) is 0 Å². The summed E-state index contributed by atoms with van der Waals surface area (Å²) in [5, 5.41) is 19.8. The molecule has 0 rings (SSSR count). The second-order valence-electron chi connectivity index (χ2n) is 6.60. The maximum absolute atomic E-state index is 9.92. The zero-order chi connectivity index (χ0) is 15.8. The molecule has 2 unspecified atom stereocenters. The number of hydrogen-bond donors (Lipinski definition) is 2. The van der Waals surface area contributed by atoms with E-state index in [-0.39, 0.29) is 0 Å². The third-order valence-electron chi connectivity index (χ3n) is 4.40. The number of hydrogen-bond acceptors (Lipinski definition) is 2. The SMILES string of the molecule is CCCCCCCCCCCC(O)C(O)CCCCCC. The lowest BCUT2D eigenvalue weighted by Crippen LogP contribution is -2.25. The third kappa shape index (κ3) is 14.6. The predicted molar refractivity (Wildman–Crippen MR) is 92.6 cm³/mol. The van der Waals surface area contributed by atoms with Crippen molar-refractivity contribution in [3.8, 4) is 0 Å². The molecule has 2 N–H and O–H groups in total. The maximum atomic E-state index is 9.92. The minimum absolute atomic E-state index is 0.504. The van der Waals surface area contributed by atoms with Gasteiger partial charge in [-0.05, 0) is 12.8 Å². The summed E-state index contributed by atoms with van der Waals surface area (Å²) in [7, 11) is 0. The topological polar surface area (TPSA) is 40.5 Å². The highest BCUT2D eigenvalue weighted by Crippen LogP contribution is 2.15. The molecule has 0 aromatic rings. The Kier molecular flexibility index (Phi) is 16.2. The molecule has 0 aromatic carbocycles. The molecule has 2 atom stereocenters. The maximum Gasteiger partial charge on any atom is 0.0799 e. The van der Waals surface area contributed by atoms with Gasteiger partial charge >= 0.3 is 0 Å². The van der Waals surface area contributed by atoms with E-state index in [9.17, 15) is 10.2 Å². The lowest BCUT2D eigenvalue weighted by molar-refractivity contribution is 0.00713. The van der Waals surface area contributed by atoms with E-state index in [4.69, 9.17) is 0 Å². The van der Waals surface area contributed by atoms with E-state index < -0.39 is 12.2 Å². The molecule has 0 aliphatic carbocycles. The van der Waals surface area contributed by atoms with Gasteiger partial charge in [-0.15, -0.1) is 0 Å². The summed E-state index contributed by atoms with van der Waals surface area (Å²) in [6, 6.07) is 0. The van der Waals surface area contributed by atoms with Gasteiger partial charge in [-0.3, -0.25) is 0 Å². The first-order valence-corrected chi connectivity index (χ1v) is 9.58. The quantitative estimate of drug-likeness (QED) is 0.364. The number of aliphatic hydroxyl groups is 2. The van der Waals surface area contributed by atoms with Gasteiger partial charge in [0, 0.05) is 0 Å². The fourth-order valence-electron chi connectivity index (χ4n) is 2.83. The second kappa shape index (κ2) is 16.3. The van der Waals surface area contributed by atoms with Gasteiger partial charge < -0.3 is 10.2 Å². The summed E-state index contributed by atoms with van der Waals surface area (Å²) >= 11 is 0. The molecule has 21 heavy (non-hydrogen) atoms. The van der Waals surface area contributed by atoms with Crippen LogP contribution in [0.3, 0.4) is 0 Å². The van der Waals surface area contributed by atoms with Gasteiger partial charge in [0.1, 0.15) is 0 Å². The average Bonchev–Trinajstić information content (AvgIpc) is 2.49. The Labute approximate surface area is 133 Å². The minimum atomic E-state index is -0.504. The molecule has 2 nitrogen and oxygen atoms in total. The Morgan fingerprint density at radius 2 is 0.762 bits per heavy atom. The summed E-state index contributed by atoms with van der Waals surface area (Å²) in [5.41, 5.74) is 0. The normalized spacial score (nSPS) is 14.3. The fraction of sp³-hybridized carbons (Fsp3) is 1.00. The monoisotopic (exact) mass is 300 g/mol. The molecular weight excluding hydrogens is 260 g/mol. The largest absolute Gasteiger partial charge is 0.390 e. The highest BCUT2D eigenvalue weighted by atomic mass is 16.3. The molecule has 0 bridgehead atoms. The molecule has 0 aromatic heterocycles. The van der Waals surface area contributed by atoms with Crippen LogP contribution in [-0.2, 0) is 0 Å². The first kappa shape index (κ1) is 20.9. The smallest absolute Gasteiger partial charge is 0.0799 e. The molecule has 0 saturated carbocycles. The molecule has 0 amide bonds. The van der Waals surface area contributed by atoms with Crippen molar-refractivity contribution in [2.24, 2.45) is 0 Å². The molecule has 2 heteroatoms. The van der Waals surface area contributed by atoms with E-state index in [2.05, 4.69) is 13.8 Å². The van der Waals surface area contributed by atoms with Crippen LogP contribution >= 0.6 is 0 Å². The van der Waals surface area contributed by atoms with E-state index in [0.29, 0.717) is 0 Å². The molecule has 0 spiro atoms. The molecule has 0 saturated heterocycles. The highest BCUT2D eigenvalue weighted by molar-refractivity contribution is 4.67. The van der Waals surface area contributed by atoms with Crippen LogP contribution in [0.25, 0.3) is 0 Å². The Balaban J connectivity index is 3.30. The first-order chi connectivity index (χ1) is 10.2. The van der Waals surface area contributed by atoms with Crippen molar-refractivity contribution in [2.75, 3.05) is 0 Å². The Morgan fingerprint density at radius 1 is 0.476 bits per heavy atom. The zero-order valence-corrected chi connectivity index (χ0v) is 14.7. The van der Waals surface area contributed by atoms with Crippen molar-refractivity contribution in [1.29, 1.82) is 0 Å². The average molecular weight is 301 g/mol.